The lowest BCUT2D eigenvalue weighted by atomic mass is 10.1. The number of halogens is 1. The Bertz CT molecular complexity index is 856. The molecule has 0 aliphatic rings. The molecule has 0 N–H and O–H groups in total. The van der Waals surface area contributed by atoms with Gasteiger partial charge < -0.3 is 4.74 Å². The third-order valence-corrected chi connectivity index (χ3v) is 4.81. The summed E-state index contributed by atoms with van der Waals surface area (Å²) in [6.07, 6.45) is 0.617. The summed E-state index contributed by atoms with van der Waals surface area (Å²) in [4.78, 5) is 12.3. The van der Waals surface area contributed by atoms with Gasteiger partial charge in [-0.15, -0.1) is 0 Å². The summed E-state index contributed by atoms with van der Waals surface area (Å²) >= 11 is 3.19. The first-order valence-corrected chi connectivity index (χ1v) is 9.50. The molecule has 7 heteroatoms. The molecule has 2 rings (SSSR count). The van der Waals surface area contributed by atoms with E-state index in [9.17, 15) is 13.2 Å². The predicted octanol–water partition coefficient (Wildman–Crippen LogP) is 4.29. The van der Waals surface area contributed by atoms with E-state index in [2.05, 4.69) is 16.1 Å². The third-order valence-electron chi connectivity index (χ3n) is 3.00. The van der Waals surface area contributed by atoms with Gasteiger partial charge in [-0.3, -0.25) is 0 Å². The van der Waals surface area contributed by atoms with Crippen LogP contribution in [0.2, 0.25) is 0 Å². The Balaban J connectivity index is 2.40. The van der Waals surface area contributed by atoms with Gasteiger partial charge >= 0.3 is 6.09 Å². The van der Waals surface area contributed by atoms with Crippen LogP contribution in [-0.2, 0) is 14.6 Å². The Labute approximate surface area is 144 Å². The van der Waals surface area contributed by atoms with Crippen molar-refractivity contribution in [1.29, 1.82) is 0 Å². The maximum atomic E-state index is 12.1. The number of rotatable bonds is 2. The molecule has 2 aromatic rings. The second-order valence-corrected chi connectivity index (χ2v) is 8.95. The highest BCUT2D eigenvalue weighted by Crippen LogP contribution is 2.27. The van der Waals surface area contributed by atoms with Crippen molar-refractivity contribution < 1.29 is 17.9 Å². The van der Waals surface area contributed by atoms with Crippen molar-refractivity contribution >= 4 is 48.5 Å². The summed E-state index contributed by atoms with van der Waals surface area (Å²) in [6, 6.07) is 10.2. The van der Waals surface area contributed by atoms with Gasteiger partial charge in [0.2, 0.25) is 0 Å². The van der Waals surface area contributed by atoms with Crippen LogP contribution in [0.3, 0.4) is 0 Å². The monoisotopic (exact) mass is 399 g/mol. The summed E-state index contributed by atoms with van der Waals surface area (Å²) in [5.41, 5.74) is -0.0546. The summed E-state index contributed by atoms with van der Waals surface area (Å²) < 4.78 is 29.8. The minimum Gasteiger partial charge on any atom is -0.443 e. The Hall–Kier alpha value is -1.60. The Kier molecular flexibility index (Phi) is 4.73. The lowest BCUT2D eigenvalue weighted by Crippen LogP contribution is -2.30. The topological polar surface area (TPSA) is 63.7 Å². The van der Waals surface area contributed by atoms with E-state index in [0.717, 1.165) is 17.0 Å². The van der Waals surface area contributed by atoms with Crippen molar-refractivity contribution in [1.82, 2.24) is 0 Å². The van der Waals surface area contributed by atoms with Crippen molar-refractivity contribution in [2.24, 2.45) is 0 Å². The van der Waals surface area contributed by atoms with Crippen molar-refractivity contribution in [2.75, 3.05) is 10.2 Å². The summed E-state index contributed by atoms with van der Waals surface area (Å²) in [5.74, 6) is 0. The van der Waals surface area contributed by atoms with E-state index in [4.69, 9.17) is 4.74 Å². The Morgan fingerprint density at radius 2 is 1.70 bits per heavy atom. The zero-order valence-corrected chi connectivity index (χ0v) is 15.7. The van der Waals surface area contributed by atoms with E-state index in [1.165, 1.54) is 3.93 Å². The van der Waals surface area contributed by atoms with Gasteiger partial charge in [0.05, 0.1) is 26.7 Å². The van der Waals surface area contributed by atoms with Gasteiger partial charge in [-0.05, 0) is 55.8 Å². The van der Waals surface area contributed by atoms with E-state index < -0.39 is 21.5 Å². The first-order valence-electron chi connectivity index (χ1n) is 6.90. The molecule has 0 aromatic heterocycles. The zero-order valence-electron chi connectivity index (χ0n) is 13.3. The molecule has 0 spiro atoms. The van der Waals surface area contributed by atoms with Crippen LogP contribution in [0.15, 0.2) is 41.3 Å². The average molecular weight is 400 g/mol. The summed E-state index contributed by atoms with van der Waals surface area (Å²) in [6.45, 7) is 5.35. The number of amides is 1. The number of anilines is 1. The van der Waals surface area contributed by atoms with Gasteiger partial charge in [0, 0.05) is 6.26 Å². The molecule has 23 heavy (non-hydrogen) atoms. The highest BCUT2D eigenvalue weighted by Gasteiger charge is 2.22. The third kappa shape index (κ3) is 4.45. The molecule has 124 valence electrons. The molecule has 0 aliphatic carbocycles. The minimum atomic E-state index is -3.28. The molecule has 0 unspecified atom stereocenters. The van der Waals surface area contributed by atoms with Gasteiger partial charge in [-0.1, -0.05) is 12.1 Å². The fourth-order valence-corrected chi connectivity index (χ4v) is 2.92. The van der Waals surface area contributed by atoms with Gasteiger partial charge in [-0.25, -0.2) is 17.1 Å². The van der Waals surface area contributed by atoms with Crippen molar-refractivity contribution in [2.45, 2.75) is 31.3 Å². The van der Waals surface area contributed by atoms with Gasteiger partial charge in [0.15, 0.2) is 9.84 Å². The fourth-order valence-electron chi connectivity index (χ4n) is 1.97. The normalized spacial score (nSPS) is 12.2. The number of ether oxygens (including phenoxy) is 1. The van der Waals surface area contributed by atoms with E-state index in [-0.39, 0.29) is 4.90 Å². The summed E-state index contributed by atoms with van der Waals surface area (Å²) in [5, 5.41) is 1.60. The van der Waals surface area contributed by atoms with Crippen LogP contribution in [-0.4, -0.2) is 26.4 Å². The molecule has 0 heterocycles. The molecule has 0 aliphatic heterocycles. The first kappa shape index (κ1) is 17.7. The molecular weight excluding hydrogens is 382 g/mol. The number of carbonyl (C=O) groups is 1. The van der Waals surface area contributed by atoms with Crippen LogP contribution in [0, 0.1) is 0 Å². The van der Waals surface area contributed by atoms with Crippen molar-refractivity contribution in [3.8, 4) is 0 Å². The van der Waals surface area contributed by atoms with E-state index in [0.29, 0.717) is 5.69 Å². The lowest BCUT2D eigenvalue weighted by molar-refractivity contribution is 0.0614. The SMILES string of the molecule is CC(C)(C)OC(=O)N(Br)c1ccc2ccc(S(C)(=O)=O)cc2c1. The molecular formula is C16H18BrNO4S. The van der Waals surface area contributed by atoms with Gasteiger partial charge in [-0.2, -0.15) is 0 Å². The smallest absolute Gasteiger partial charge is 0.425 e. The molecule has 0 bridgehead atoms. The second-order valence-electron chi connectivity index (χ2n) is 6.23. The van der Waals surface area contributed by atoms with E-state index in [1.54, 1.807) is 51.1 Å². The number of hydrogen-bond acceptors (Lipinski definition) is 4. The number of sulfone groups is 1. The molecule has 0 atom stereocenters. The van der Waals surface area contributed by atoms with E-state index >= 15 is 0 Å². The number of fused-ring (bicyclic) bond motifs is 1. The molecule has 0 saturated carbocycles. The standard InChI is InChI=1S/C16H18BrNO4S/c1-16(2,3)22-15(19)18(17)13-7-5-11-6-8-14(23(4,20)21)10-12(11)9-13/h5-10H,1-4H3. The maximum Gasteiger partial charge on any atom is 0.425 e. The van der Waals surface area contributed by atoms with Crippen LogP contribution < -0.4 is 3.93 Å². The highest BCUT2D eigenvalue weighted by atomic mass is 79.9. The lowest BCUT2D eigenvalue weighted by Gasteiger charge is -2.23. The summed E-state index contributed by atoms with van der Waals surface area (Å²) in [7, 11) is -3.28. The van der Waals surface area contributed by atoms with E-state index in [1.807, 2.05) is 6.07 Å². The predicted molar refractivity (Wildman–Crippen MR) is 94.7 cm³/mol. The number of hydrogen-bond donors (Lipinski definition) is 0. The van der Waals surface area contributed by atoms with Crippen LogP contribution in [0.5, 0.6) is 0 Å². The highest BCUT2D eigenvalue weighted by molar-refractivity contribution is 9.10. The quantitative estimate of drug-likeness (QED) is 0.706. The number of nitrogens with zero attached hydrogens (tertiary/aromatic N) is 1. The second kappa shape index (κ2) is 6.13. The molecule has 1 amide bonds. The molecule has 0 fully saturated rings. The first-order chi connectivity index (χ1) is 10.5. The zero-order chi connectivity index (χ0) is 17.4. The van der Waals surface area contributed by atoms with Crippen LogP contribution >= 0.6 is 16.1 Å². The minimum absolute atomic E-state index is 0.237. The van der Waals surface area contributed by atoms with Crippen molar-refractivity contribution in [3.63, 3.8) is 0 Å². The van der Waals surface area contributed by atoms with Crippen LogP contribution in [0.4, 0.5) is 10.5 Å². The number of carbonyl (C=O) groups excluding carboxylic acids is 1. The Morgan fingerprint density at radius 3 is 2.26 bits per heavy atom. The molecule has 5 nitrogen and oxygen atoms in total. The van der Waals surface area contributed by atoms with Gasteiger partial charge in [0.1, 0.15) is 5.60 Å². The molecule has 2 aromatic carbocycles. The molecule has 0 saturated heterocycles. The average Bonchev–Trinajstić information content (AvgIpc) is 2.42. The van der Waals surface area contributed by atoms with Crippen molar-refractivity contribution in [3.05, 3.63) is 36.4 Å². The fraction of sp³-hybridized carbons (Fsp3) is 0.312. The Morgan fingerprint density at radius 1 is 1.09 bits per heavy atom. The maximum absolute atomic E-state index is 12.1. The molecule has 0 radical (unpaired) electrons. The largest absolute Gasteiger partial charge is 0.443 e. The van der Waals surface area contributed by atoms with Gasteiger partial charge in [0.25, 0.3) is 0 Å². The van der Waals surface area contributed by atoms with Crippen LogP contribution in [0.25, 0.3) is 10.8 Å². The number of benzene rings is 2. The van der Waals surface area contributed by atoms with Crippen LogP contribution in [0.1, 0.15) is 20.8 Å².